The van der Waals surface area contributed by atoms with E-state index in [1.165, 1.54) is 28.1 Å². The van der Waals surface area contributed by atoms with Gasteiger partial charge in [0.1, 0.15) is 5.82 Å². The molecule has 1 fully saturated rings. The van der Waals surface area contributed by atoms with E-state index in [-0.39, 0.29) is 0 Å². The van der Waals surface area contributed by atoms with Crippen LogP contribution in [0.4, 0.5) is 0 Å². The highest BCUT2D eigenvalue weighted by Gasteiger charge is 2.27. The fourth-order valence-corrected chi connectivity index (χ4v) is 5.54. The third kappa shape index (κ3) is 5.77. The van der Waals surface area contributed by atoms with Crippen LogP contribution >= 0.6 is 0 Å². The van der Waals surface area contributed by atoms with Crippen molar-refractivity contribution >= 4 is 0 Å². The lowest BCUT2D eigenvalue weighted by Crippen LogP contribution is -2.45. The van der Waals surface area contributed by atoms with Crippen LogP contribution < -0.4 is 5.32 Å². The summed E-state index contributed by atoms with van der Waals surface area (Å²) in [6.45, 7) is 8.53. The van der Waals surface area contributed by atoms with Crippen molar-refractivity contribution in [1.82, 2.24) is 20.2 Å². The Hall–Kier alpha value is -3.21. The van der Waals surface area contributed by atoms with E-state index in [9.17, 15) is 0 Å². The Balaban J connectivity index is 1.37. The van der Waals surface area contributed by atoms with E-state index in [2.05, 4.69) is 114 Å². The number of hydrogen-bond acceptors (Lipinski definition) is 3. The molecule has 1 saturated heterocycles. The number of nitrogens with one attached hydrogen (secondary N) is 2. The highest BCUT2D eigenvalue weighted by molar-refractivity contribution is 5.56. The minimum atomic E-state index is 0.328. The van der Waals surface area contributed by atoms with Gasteiger partial charge in [-0.1, -0.05) is 96.9 Å². The zero-order valence-corrected chi connectivity index (χ0v) is 21.6. The van der Waals surface area contributed by atoms with E-state index < -0.39 is 0 Å². The van der Waals surface area contributed by atoms with Crippen LogP contribution in [0.25, 0.3) is 11.4 Å². The number of aryl methyl sites for hydroxylation is 2. The number of imidazole rings is 1. The van der Waals surface area contributed by atoms with Crippen molar-refractivity contribution in [3.63, 3.8) is 0 Å². The number of H-pyrrole nitrogens is 1. The zero-order valence-electron chi connectivity index (χ0n) is 21.6. The summed E-state index contributed by atoms with van der Waals surface area (Å²) < 4.78 is 0. The largest absolute Gasteiger partial charge is 0.342 e. The van der Waals surface area contributed by atoms with E-state index in [0.717, 1.165) is 56.8 Å². The molecule has 2 heterocycles. The normalized spacial score (nSPS) is 15.3. The van der Waals surface area contributed by atoms with Gasteiger partial charge in [0.2, 0.25) is 0 Å². The zero-order chi connectivity index (χ0) is 24.7. The maximum absolute atomic E-state index is 5.18. The first-order chi connectivity index (χ1) is 17.7. The predicted molar refractivity (Wildman–Crippen MR) is 149 cm³/mol. The van der Waals surface area contributed by atoms with Gasteiger partial charge in [-0.15, -0.1) is 0 Å². The van der Waals surface area contributed by atoms with Crippen LogP contribution in [0.15, 0.2) is 84.9 Å². The standard InChI is InChI=1S/C32H38N4/c1-24-16-18-28(19-17-24)32-34-25(2)31(35-32)30(36-22-20-33-21-23-36)15-9-14-29(26-10-5-3-6-11-26)27-12-7-4-8-13-27/h3-8,10-13,16-19,29-30,33H,9,14-15,20-23H2,1-2H3,(H,34,35). The third-order valence-electron chi connectivity index (χ3n) is 7.53. The molecule has 0 amide bonds. The number of piperazine rings is 1. The van der Waals surface area contributed by atoms with Gasteiger partial charge < -0.3 is 10.3 Å². The van der Waals surface area contributed by atoms with Gasteiger partial charge >= 0.3 is 0 Å². The second-order valence-corrected chi connectivity index (χ2v) is 10.1. The van der Waals surface area contributed by atoms with Crippen molar-refractivity contribution < 1.29 is 0 Å². The van der Waals surface area contributed by atoms with E-state index in [1.807, 2.05) is 0 Å². The van der Waals surface area contributed by atoms with Gasteiger partial charge in [-0.2, -0.15) is 0 Å². The molecule has 0 spiro atoms. The van der Waals surface area contributed by atoms with Crippen LogP contribution in [-0.2, 0) is 0 Å². The minimum absolute atomic E-state index is 0.328. The van der Waals surface area contributed by atoms with Gasteiger partial charge in [0.25, 0.3) is 0 Å². The van der Waals surface area contributed by atoms with Crippen molar-refractivity contribution in [1.29, 1.82) is 0 Å². The van der Waals surface area contributed by atoms with Crippen molar-refractivity contribution in [3.8, 4) is 11.4 Å². The molecule has 1 aromatic heterocycles. The molecule has 1 unspecified atom stereocenters. The summed E-state index contributed by atoms with van der Waals surface area (Å²) in [5.41, 5.74) is 7.63. The minimum Gasteiger partial charge on any atom is -0.342 e. The van der Waals surface area contributed by atoms with Crippen molar-refractivity contribution in [3.05, 3.63) is 113 Å². The summed E-state index contributed by atoms with van der Waals surface area (Å²) in [5.74, 6) is 1.40. The lowest BCUT2D eigenvalue weighted by molar-refractivity contribution is 0.159. The summed E-state index contributed by atoms with van der Waals surface area (Å²) in [6, 6.07) is 30.9. The first kappa shape index (κ1) is 24.5. The monoisotopic (exact) mass is 478 g/mol. The quantitative estimate of drug-likeness (QED) is 0.283. The van der Waals surface area contributed by atoms with Crippen LogP contribution in [0.2, 0.25) is 0 Å². The first-order valence-corrected chi connectivity index (χ1v) is 13.4. The number of benzene rings is 3. The molecule has 0 bridgehead atoms. The molecule has 0 aliphatic carbocycles. The molecular weight excluding hydrogens is 440 g/mol. The Morgan fingerprint density at radius 1 is 0.778 bits per heavy atom. The van der Waals surface area contributed by atoms with Crippen LogP contribution in [0.3, 0.4) is 0 Å². The molecule has 0 radical (unpaired) electrons. The Morgan fingerprint density at radius 2 is 1.39 bits per heavy atom. The van der Waals surface area contributed by atoms with Gasteiger partial charge in [-0.05, 0) is 37.8 Å². The maximum Gasteiger partial charge on any atom is 0.137 e. The van der Waals surface area contributed by atoms with E-state index in [1.54, 1.807) is 0 Å². The molecular formula is C32H38N4. The fraction of sp³-hybridized carbons (Fsp3) is 0.344. The number of aromatic amines is 1. The number of nitrogens with zero attached hydrogens (tertiary/aromatic N) is 2. The van der Waals surface area contributed by atoms with Gasteiger partial charge in [0.15, 0.2) is 0 Å². The van der Waals surface area contributed by atoms with Crippen LogP contribution in [0.1, 0.15) is 59.3 Å². The second-order valence-electron chi connectivity index (χ2n) is 10.1. The average Bonchev–Trinajstić information content (AvgIpc) is 3.31. The average molecular weight is 479 g/mol. The maximum atomic E-state index is 5.18. The molecule has 4 aromatic rings. The number of aromatic nitrogens is 2. The molecule has 1 aliphatic rings. The predicted octanol–water partition coefficient (Wildman–Crippen LogP) is 6.64. The number of rotatable bonds is 9. The lowest BCUT2D eigenvalue weighted by Gasteiger charge is -2.35. The molecule has 186 valence electrons. The molecule has 2 N–H and O–H groups in total. The molecule has 5 rings (SSSR count). The molecule has 4 heteroatoms. The molecule has 36 heavy (non-hydrogen) atoms. The molecule has 4 nitrogen and oxygen atoms in total. The molecule has 1 atom stereocenters. The Kier molecular flexibility index (Phi) is 7.95. The summed E-state index contributed by atoms with van der Waals surface area (Å²) in [7, 11) is 0. The van der Waals surface area contributed by atoms with Crippen LogP contribution in [-0.4, -0.2) is 41.0 Å². The summed E-state index contributed by atoms with van der Waals surface area (Å²) in [6.07, 6.45) is 3.38. The Labute approximate surface area is 215 Å². The second kappa shape index (κ2) is 11.7. The van der Waals surface area contributed by atoms with Crippen molar-refractivity contribution in [2.24, 2.45) is 0 Å². The van der Waals surface area contributed by atoms with E-state index in [0.29, 0.717) is 12.0 Å². The Bertz CT molecular complexity index is 1170. The number of hydrogen-bond donors (Lipinski definition) is 2. The van der Waals surface area contributed by atoms with Gasteiger partial charge in [-0.25, -0.2) is 4.98 Å². The fourth-order valence-electron chi connectivity index (χ4n) is 5.54. The van der Waals surface area contributed by atoms with Crippen molar-refractivity contribution in [2.45, 2.75) is 45.1 Å². The highest BCUT2D eigenvalue weighted by Crippen LogP contribution is 2.34. The van der Waals surface area contributed by atoms with Gasteiger partial charge in [0, 0.05) is 43.4 Å². The smallest absolute Gasteiger partial charge is 0.137 e. The van der Waals surface area contributed by atoms with E-state index >= 15 is 0 Å². The van der Waals surface area contributed by atoms with Crippen molar-refractivity contribution in [2.75, 3.05) is 26.2 Å². The molecule has 1 aliphatic heterocycles. The Morgan fingerprint density at radius 3 is 2.00 bits per heavy atom. The third-order valence-corrected chi connectivity index (χ3v) is 7.53. The van der Waals surface area contributed by atoms with Gasteiger partial charge in [0.05, 0.1) is 11.7 Å². The van der Waals surface area contributed by atoms with Gasteiger partial charge in [-0.3, -0.25) is 4.90 Å². The first-order valence-electron chi connectivity index (χ1n) is 13.4. The molecule has 3 aromatic carbocycles. The topological polar surface area (TPSA) is 44.0 Å². The van der Waals surface area contributed by atoms with E-state index in [4.69, 9.17) is 4.98 Å². The van der Waals surface area contributed by atoms with Crippen LogP contribution in [0.5, 0.6) is 0 Å². The van der Waals surface area contributed by atoms with Crippen LogP contribution in [0, 0.1) is 13.8 Å². The summed E-state index contributed by atoms with van der Waals surface area (Å²) in [4.78, 5) is 11.4. The summed E-state index contributed by atoms with van der Waals surface area (Å²) in [5, 5.41) is 3.52. The molecule has 0 saturated carbocycles. The highest BCUT2D eigenvalue weighted by atomic mass is 15.2. The SMILES string of the molecule is Cc1ccc(-c2nc(C(CCCC(c3ccccc3)c3ccccc3)N3CCNCC3)c(C)[nH]2)cc1. The lowest BCUT2D eigenvalue weighted by atomic mass is 9.86. The summed E-state index contributed by atoms with van der Waals surface area (Å²) >= 11 is 0.